The van der Waals surface area contributed by atoms with E-state index < -0.39 is 5.97 Å². The van der Waals surface area contributed by atoms with E-state index in [1.807, 2.05) is 0 Å². The second-order valence-corrected chi connectivity index (χ2v) is 1.06. The zero-order valence-corrected chi connectivity index (χ0v) is 2.76. The maximum Gasteiger partial charge on any atom is 0.334 e. The third kappa shape index (κ3) is 1.75. The van der Waals surface area contributed by atoms with Crippen molar-refractivity contribution in [3.8, 4) is 0 Å². The molecule has 1 aliphatic heterocycles. The summed E-state index contributed by atoms with van der Waals surface area (Å²) in [4.78, 5) is 7.90. The lowest BCUT2D eigenvalue weighted by Crippen LogP contribution is -1.96. The smallest absolute Gasteiger partial charge is 0.334 e. The zero-order valence-electron chi connectivity index (χ0n) is 2.76. The molecule has 0 unspecified atom stereocenters. The van der Waals surface area contributed by atoms with Crippen molar-refractivity contribution in [1.82, 2.24) is 0 Å². The molecule has 1 fully saturated rings. The fraction of sp³-hybridized carbons (Fsp3) is 1.00. The molecule has 1 N–H and O–H groups in total. The van der Waals surface area contributed by atoms with Gasteiger partial charge in [-0.05, 0) is 0 Å². The summed E-state index contributed by atoms with van der Waals surface area (Å²) in [5.41, 5.74) is 0. The van der Waals surface area contributed by atoms with Crippen molar-refractivity contribution >= 4 is 17.4 Å². The van der Waals surface area contributed by atoms with E-state index in [2.05, 4.69) is 9.78 Å². The molecule has 0 saturated carbocycles. The van der Waals surface area contributed by atoms with Gasteiger partial charge in [0, 0.05) is 6.92 Å². The van der Waals surface area contributed by atoms with Crippen molar-refractivity contribution in [1.29, 1.82) is 0 Å². The molecule has 0 amide bonds. The Kier molecular flexibility index (Phi) is 1.59. The molecule has 0 aromatic heterocycles. The molecule has 0 atom stereocenters. The lowest BCUT2D eigenvalue weighted by Gasteiger charge is -1.73. The molecule has 1 aliphatic rings. The van der Waals surface area contributed by atoms with E-state index in [1.54, 1.807) is 0 Å². The van der Waals surface area contributed by atoms with Crippen LogP contribution in [0.3, 0.4) is 0 Å². The van der Waals surface area contributed by atoms with Gasteiger partial charge >= 0.3 is 5.97 Å². The van der Waals surface area contributed by atoms with Gasteiger partial charge in [0.15, 0.2) is 17.4 Å². The van der Waals surface area contributed by atoms with Crippen LogP contribution in [0.1, 0.15) is 6.92 Å². The van der Waals surface area contributed by atoms with Gasteiger partial charge in [0.1, 0.15) is 0 Å². The second kappa shape index (κ2) is 1.49. The van der Waals surface area contributed by atoms with Crippen molar-refractivity contribution in [2.45, 2.75) is 12.9 Å². The predicted molar refractivity (Wildman–Crippen MR) is 22.7 cm³/mol. The highest BCUT2D eigenvalue weighted by Gasteiger charge is 2.40. The predicted octanol–water partition coefficient (Wildman–Crippen LogP) is -1.57. The van der Waals surface area contributed by atoms with Crippen molar-refractivity contribution in [3.05, 3.63) is 0 Å². The SMILES string of the molecule is CC1(O)OO1.[AlH3]. The Morgan fingerprint density at radius 1 is 1.50 bits per heavy atom. The van der Waals surface area contributed by atoms with Crippen molar-refractivity contribution in [3.63, 3.8) is 0 Å². The molecule has 1 saturated heterocycles. The van der Waals surface area contributed by atoms with Gasteiger partial charge in [-0.1, -0.05) is 0 Å². The molecule has 0 radical (unpaired) electrons. The minimum absolute atomic E-state index is 0. The van der Waals surface area contributed by atoms with Crippen LogP contribution in [-0.4, -0.2) is 28.4 Å². The van der Waals surface area contributed by atoms with Gasteiger partial charge in [0.05, 0.1) is 0 Å². The summed E-state index contributed by atoms with van der Waals surface area (Å²) in [5.74, 6) is -1.25. The van der Waals surface area contributed by atoms with Crippen molar-refractivity contribution in [2.75, 3.05) is 0 Å². The molecule has 1 rings (SSSR count). The monoisotopic (exact) mass is 106 g/mol. The average Bonchev–Trinajstić information content (AvgIpc) is 1.76. The van der Waals surface area contributed by atoms with E-state index in [4.69, 9.17) is 5.11 Å². The average molecular weight is 106 g/mol. The van der Waals surface area contributed by atoms with Crippen LogP contribution in [0, 0.1) is 0 Å². The number of hydrogen-bond donors (Lipinski definition) is 1. The van der Waals surface area contributed by atoms with Crippen LogP contribution in [-0.2, 0) is 9.78 Å². The van der Waals surface area contributed by atoms with E-state index in [0.717, 1.165) is 0 Å². The summed E-state index contributed by atoms with van der Waals surface area (Å²) in [5, 5.41) is 8.19. The van der Waals surface area contributed by atoms with Crippen LogP contribution in [0.15, 0.2) is 0 Å². The first kappa shape index (κ1) is 6.41. The highest BCUT2D eigenvalue weighted by Crippen LogP contribution is 2.22. The lowest BCUT2D eigenvalue weighted by molar-refractivity contribution is 0.0508. The standard InChI is InChI=1S/C2H4O3.Al.3H/c1-2(3)4-5-2;;;;/h3H,1H3;;;;. The molecular weight excluding hydrogens is 99.0 g/mol. The summed E-state index contributed by atoms with van der Waals surface area (Å²) in [6.45, 7) is 1.41. The Morgan fingerprint density at radius 2 is 1.67 bits per heavy atom. The van der Waals surface area contributed by atoms with Crippen LogP contribution >= 0.6 is 0 Å². The number of rotatable bonds is 0. The lowest BCUT2D eigenvalue weighted by atomic mass is 10.7. The van der Waals surface area contributed by atoms with Gasteiger partial charge in [-0.3, -0.25) is 0 Å². The van der Waals surface area contributed by atoms with Gasteiger partial charge in [-0.2, -0.15) is 9.78 Å². The van der Waals surface area contributed by atoms with E-state index >= 15 is 0 Å². The van der Waals surface area contributed by atoms with Gasteiger partial charge < -0.3 is 5.11 Å². The Balaban J connectivity index is 0.000000250. The van der Waals surface area contributed by atoms with Crippen LogP contribution < -0.4 is 0 Å². The minimum Gasteiger partial charge on any atom is -0.340 e. The fourth-order valence-electron chi connectivity index (χ4n) is 0.0603. The van der Waals surface area contributed by atoms with Crippen LogP contribution in [0.2, 0.25) is 0 Å². The molecule has 3 nitrogen and oxygen atoms in total. The van der Waals surface area contributed by atoms with Crippen LogP contribution in [0.5, 0.6) is 0 Å². The second-order valence-electron chi connectivity index (χ2n) is 1.06. The highest BCUT2D eigenvalue weighted by atomic mass is 27.0. The molecule has 0 bridgehead atoms. The van der Waals surface area contributed by atoms with Gasteiger partial charge in [-0.15, -0.1) is 0 Å². The number of hydrogen-bond acceptors (Lipinski definition) is 3. The zero-order chi connectivity index (χ0) is 3.91. The molecule has 6 heavy (non-hydrogen) atoms. The first-order chi connectivity index (χ1) is 2.21. The van der Waals surface area contributed by atoms with Gasteiger partial charge in [0.2, 0.25) is 0 Å². The quantitative estimate of drug-likeness (QED) is 0.230. The summed E-state index contributed by atoms with van der Waals surface area (Å²) < 4.78 is 0. The Morgan fingerprint density at radius 3 is 1.67 bits per heavy atom. The van der Waals surface area contributed by atoms with E-state index in [-0.39, 0.29) is 17.4 Å². The van der Waals surface area contributed by atoms with E-state index in [0.29, 0.717) is 0 Å². The molecule has 4 heteroatoms. The first-order valence-corrected chi connectivity index (χ1v) is 1.30. The van der Waals surface area contributed by atoms with Crippen molar-refractivity contribution < 1.29 is 14.9 Å². The molecule has 0 aromatic carbocycles. The summed E-state index contributed by atoms with van der Waals surface area (Å²) >= 11 is 0. The minimum atomic E-state index is -1.25. The van der Waals surface area contributed by atoms with E-state index in [1.165, 1.54) is 6.92 Å². The van der Waals surface area contributed by atoms with Crippen LogP contribution in [0.4, 0.5) is 0 Å². The van der Waals surface area contributed by atoms with Crippen molar-refractivity contribution in [2.24, 2.45) is 0 Å². The largest absolute Gasteiger partial charge is 0.340 e. The summed E-state index contributed by atoms with van der Waals surface area (Å²) in [6, 6.07) is 0. The fourth-order valence-corrected chi connectivity index (χ4v) is 0.0603. The Labute approximate surface area is 45.9 Å². The third-order valence-electron chi connectivity index (χ3n) is 0.325. The van der Waals surface area contributed by atoms with Crippen LogP contribution in [0.25, 0.3) is 0 Å². The maximum atomic E-state index is 8.19. The van der Waals surface area contributed by atoms with Gasteiger partial charge in [-0.25, -0.2) is 0 Å². The molecule has 36 valence electrons. The summed E-state index contributed by atoms with van der Waals surface area (Å²) in [6.07, 6.45) is 0. The first-order valence-electron chi connectivity index (χ1n) is 1.30. The maximum absolute atomic E-state index is 8.19. The number of aliphatic hydroxyl groups is 1. The molecule has 0 aliphatic carbocycles. The summed E-state index contributed by atoms with van der Waals surface area (Å²) in [7, 11) is 0. The van der Waals surface area contributed by atoms with E-state index in [9.17, 15) is 0 Å². The Bertz CT molecular complexity index is 46.8. The normalized spacial score (nSPS) is 25.0. The molecular formula is C2H7AlO3. The highest BCUT2D eigenvalue weighted by molar-refractivity contribution is 5.75. The third-order valence-corrected chi connectivity index (χ3v) is 0.325. The molecule has 0 spiro atoms. The topological polar surface area (TPSA) is 45.3 Å². The Hall–Kier alpha value is 0.412. The molecule has 1 heterocycles. The molecule has 0 aromatic rings. The van der Waals surface area contributed by atoms with Gasteiger partial charge in [0.25, 0.3) is 0 Å².